The molecule has 2 fully saturated rings. The van der Waals surface area contributed by atoms with E-state index in [1.807, 2.05) is 30.3 Å². The minimum atomic E-state index is -3.88. The number of hydrogen-bond acceptors (Lipinski definition) is 5. The van der Waals surface area contributed by atoms with Crippen LogP contribution in [0.1, 0.15) is 37.7 Å². The molecule has 0 unspecified atom stereocenters. The lowest BCUT2D eigenvalue weighted by Gasteiger charge is -2.33. The summed E-state index contributed by atoms with van der Waals surface area (Å²) in [5.74, 6) is 0.995. The van der Waals surface area contributed by atoms with Crippen LogP contribution in [0.4, 0.5) is 0 Å². The molecule has 1 saturated carbocycles. The third-order valence-electron chi connectivity index (χ3n) is 6.98. The highest BCUT2D eigenvalue weighted by Crippen LogP contribution is 2.43. The van der Waals surface area contributed by atoms with Crippen molar-refractivity contribution in [1.82, 2.24) is 9.62 Å². The van der Waals surface area contributed by atoms with Crippen molar-refractivity contribution >= 4 is 15.9 Å². The molecule has 1 amide bonds. The quantitative estimate of drug-likeness (QED) is 0.701. The second kappa shape index (κ2) is 9.35. The molecule has 2 aromatic carbocycles. The Morgan fingerprint density at radius 1 is 1.00 bits per heavy atom. The van der Waals surface area contributed by atoms with E-state index in [9.17, 15) is 13.2 Å². The summed E-state index contributed by atoms with van der Waals surface area (Å²) < 4.78 is 40.3. The minimum absolute atomic E-state index is 0.137. The molecule has 5 rings (SSSR count). The van der Waals surface area contributed by atoms with Crippen LogP contribution in [-0.4, -0.2) is 50.5 Å². The summed E-state index contributed by atoms with van der Waals surface area (Å²) in [5, 5.41) is 3.00. The van der Waals surface area contributed by atoms with Crippen LogP contribution in [0.3, 0.4) is 0 Å². The Morgan fingerprint density at radius 3 is 2.58 bits per heavy atom. The summed E-state index contributed by atoms with van der Waals surface area (Å²) in [6, 6.07) is 13.9. The number of carbonyl (C=O) groups is 1. The van der Waals surface area contributed by atoms with E-state index in [-0.39, 0.29) is 22.8 Å². The topological polar surface area (TPSA) is 84.9 Å². The largest absolute Gasteiger partial charge is 0.486 e. The predicted molar refractivity (Wildman–Crippen MR) is 124 cm³/mol. The molecule has 0 aromatic heterocycles. The van der Waals surface area contributed by atoms with E-state index in [0.29, 0.717) is 44.1 Å². The number of nitrogens with zero attached hydrogens (tertiary/aromatic N) is 1. The van der Waals surface area contributed by atoms with Gasteiger partial charge in [-0.3, -0.25) is 4.79 Å². The SMILES string of the molecule is O=C(NCCc1ccccc1)[C@@H]1C[C@H]2CCCC[C@H]2N1S(=O)(=O)c1ccc2c(c1)OCCO2. The fraction of sp³-hybridized carbons (Fsp3) is 0.480. The van der Waals surface area contributed by atoms with E-state index < -0.39 is 16.1 Å². The summed E-state index contributed by atoms with van der Waals surface area (Å²) in [7, 11) is -3.88. The highest BCUT2D eigenvalue weighted by atomic mass is 32.2. The van der Waals surface area contributed by atoms with Crippen LogP contribution in [0.2, 0.25) is 0 Å². The fourth-order valence-corrected chi connectivity index (χ4v) is 7.28. The molecule has 2 aliphatic heterocycles. The molecular weight excluding hydrogens is 440 g/mol. The Morgan fingerprint density at radius 2 is 1.76 bits per heavy atom. The lowest BCUT2D eigenvalue weighted by molar-refractivity contribution is -0.124. The van der Waals surface area contributed by atoms with Crippen molar-refractivity contribution in [3.63, 3.8) is 0 Å². The zero-order valence-electron chi connectivity index (χ0n) is 18.6. The monoisotopic (exact) mass is 470 g/mol. The van der Waals surface area contributed by atoms with Crippen LogP contribution in [0, 0.1) is 5.92 Å². The average Bonchev–Trinajstić information content (AvgIpc) is 3.25. The third kappa shape index (κ3) is 4.46. The maximum atomic E-state index is 13.8. The van der Waals surface area contributed by atoms with Crippen LogP contribution in [0.15, 0.2) is 53.4 Å². The Kier molecular flexibility index (Phi) is 6.29. The molecule has 0 bridgehead atoms. The van der Waals surface area contributed by atoms with Crippen LogP contribution in [0.5, 0.6) is 11.5 Å². The molecule has 3 atom stereocenters. The molecule has 1 aliphatic carbocycles. The average molecular weight is 471 g/mol. The summed E-state index contributed by atoms with van der Waals surface area (Å²) in [4.78, 5) is 13.4. The summed E-state index contributed by atoms with van der Waals surface area (Å²) in [6.07, 6.45) is 5.11. The highest BCUT2D eigenvalue weighted by molar-refractivity contribution is 7.89. The van der Waals surface area contributed by atoms with Gasteiger partial charge in [0, 0.05) is 18.7 Å². The first-order chi connectivity index (χ1) is 16.0. The molecule has 176 valence electrons. The fourth-order valence-electron chi connectivity index (χ4n) is 5.39. The highest BCUT2D eigenvalue weighted by Gasteiger charge is 2.51. The molecule has 1 N–H and O–H groups in total. The van der Waals surface area contributed by atoms with Crippen LogP contribution >= 0.6 is 0 Å². The maximum absolute atomic E-state index is 13.8. The van der Waals surface area contributed by atoms with E-state index in [1.54, 1.807) is 12.1 Å². The number of rotatable bonds is 6. The predicted octanol–water partition coefficient (Wildman–Crippen LogP) is 3.14. The summed E-state index contributed by atoms with van der Waals surface area (Å²) in [5.41, 5.74) is 1.14. The van der Waals surface area contributed by atoms with Gasteiger partial charge in [-0.05, 0) is 49.3 Å². The van der Waals surface area contributed by atoms with E-state index >= 15 is 0 Å². The third-order valence-corrected chi connectivity index (χ3v) is 8.91. The Hall–Kier alpha value is -2.58. The van der Waals surface area contributed by atoms with Crippen molar-refractivity contribution in [3.8, 4) is 11.5 Å². The molecule has 2 heterocycles. The Bertz CT molecular complexity index is 1110. The second-order valence-electron chi connectivity index (χ2n) is 9.03. The maximum Gasteiger partial charge on any atom is 0.244 e. The number of ether oxygens (including phenoxy) is 2. The molecule has 1 saturated heterocycles. The van der Waals surface area contributed by atoms with Gasteiger partial charge < -0.3 is 14.8 Å². The number of nitrogens with one attached hydrogen (secondary N) is 1. The van der Waals surface area contributed by atoms with Crippen molar-refractivity contribution in [1.29, 1.82) is 0 Å². The van der Waals surface area contributed by atoms with E-state index in [0.717, 1.165) is 31.2 Å². The first-order valence-corrected chi connectivity index (χ1v) is 13.2. The van der Waals surface area contributed by atoms with Crippen molar-refractivity contribution < 1.29 is 22.7 Å². The number of benzene rings is 2. The molecule has 7 nitrogen and oxygen atoms in total. The lowest BCUT2D eigenvalue weighted by Crippen LogP contribution is -2.49. The van der Waals surface area contributed by atoms with Gasteiger partial charge in [0.25, 0.3) is 0 Å². The first kappa shape index (κ1) is 22.2. The van der Waals surface area contributed by atoms with Gasteiger partial charge in [0.15, 0.2) is 11.5 Å². The Balaban J connectivity index is 1.38. The Labute approximate surface area is 195 Å². The van der Waals surface area contributed by atoms with Crippen LogP contribution in [-0.2, 0) is 21.2 Å². The van der Waals surface area contributed by atoms with Gasteiger partial charge >= 0.3 is 0 Å². The standard InChI is InChI=1S/C25H30N2O5S/c28-25(26-13-12-18-6-2-1-3-7-18)22-16-19-8-4-5-9-21(19)27(22)33(29,30)20-10-11-23-24(17-20)32-15-14-31-23/h1-3,6-7,10-11,17,19,21-22H,4-5,8-9,12-16H2,(H,26,28)/t19-,21-,22+/m1/s1. The van der Waals surface area contributed by atoms with Crippen LogP contribution < -0.4 is 14.8 Å². The zero-order chi connectivity index (χ0) is 22.8. The van der Waals surface area contributed by atoms with Gasteiger partial charge in [0.1, 0.15) is 19.3 Å². The number of fused-ring (bicyclic) bond motifs is 2. The van der Waals surface area contributed by atoms with E-state index in [4.69, 9.17) is 9.47 Å². The van der Waals surface area contributed by atoms with Crippen LogP contribution in [0.25, 0.3) is 0 Å². The normalized spacial score (nSPS) is 24.8. The molecule has 0 spiro atoms. The number of amides is 1. The molecule has 3 aliphatic rings. The van der Waals surface area contributed by atoms with E-state index in [2.05, 4.69) is 5.32 Å². The number of hydrogen-bond donors (Lipinski definition) is 1. The van der Waals surface area contributed by atoms with Gasteiger partial charge in [0.2, 0.25) is 15.9 Å². The molecular formula is C25H30N2O5S. The summed E-state index contributed by atoms with van der Waals surface area (Å²) >= 11 is 0. The van der Waals surface area contributed by atoms with Crippen molar-refractivity contribution in [3.05, 3.63) is 54.1 Å². The van der Waals surface area contributed by atoms with Crippen molar-refractivity contribution in [2.75, 3.05) is 19.8 Å². The lowest BCUT2D eigenvalue weighted by atomic mass is 9.85. The first-order valence-electron chi connectivity index (χ1n) is 11.8. The number of carbonyl (C=O) groups excluding carboxylic acids is 1. The minimum Gasteiger partial charge on any atom is -0.486 e. The van der Waals surface area contributed by atoms with Gasteiger partial charge in [-0.15, -0.1) is 0 Å². The van der Waals surface area contributed by atoms with Crippen molar-refractivity contribution in [2.24, 2.45) is 5.92 Å². The van der Waals surface area contributed by atoms with Gasteiger partial charge in [-0.2, -0.15) is 4.31 Å². The number of sulfonamides is 1. The van der Waals surface area contributed by atoms with Gasteiger partial charge in [0.05, 0.1) is 4.90 Å². The molecule has 8 heteroatoms. The molecule has 33 heavy (non-hydrogen) atoms. The summed E-state index contributed by atoms with van der Waals surface area (Å²) in [6.45, 7) is 1.31. The van der Waals surface area contributed by atoms with Crippen molar-refractivity contribution in [2.45, 2.75) is 55.5 Å². The smallest absolute Gasteiger partial charge is 0.244 e. The second-order valence-corrected chi connectivity index (χ2v) is 10.9. The van der Waals surface area contributed by atoms with E-state index in [1.165, 1.54) is 10.4 Å². The molecule has 0 radical (unpaired) electrons. The molecule has 2 aromatic rings. The van der Waals surface area contributed by atoms with Gasteiger partial charge in [-0.1, -0.05) is 43.2 Å². The van der Waals surface area contributed by atoms with Gasteiger partial charge in [-0.25, -0.2) is 8.42 Å². The zero-order valence-corrected chi connectivity index (χ0v) is 19.4.